The maximum absolute atomic E-state index is 13.6. The topological polar surface area (TPSA) is 111 Å². The van der Waals surface area contributed by atoms with Crippen molar-refractivity contribution < 1.29 is 29.5 Å². The van der Waals surface area contributed by atoms with Gasteiger partial charge in [-0.15, -0.1) is 0 Å². The van der Waals surface area contributed by atoms with Crippen LogP contribution < -0.4 is 14.2 Å². The van der Waals surface area contributed by atoms with Crippen LogP contribution in [0.5, 0.6) is 23.0 Å². The van der Waals surface area contributed by atoms with Crippen molar-refractivity contribution in [2.75, 3.05) is 33.3 Å². The normalized spacial score (nSPS) is 40.7. The van der Waals surface area contributed by atoms with E-state index in [-0.39, 0.29) is 17.8 Å². The largest absolute Gasteiger partial charge is 0.504 e. The lowest BCUT2D eigenvalue weighted by molar-refractivity contribution is -0.176. The molecule has 0 unspecified atom stereocenters. The molecular formula is C41H45N3O6. The van der Waals surface area contributed by atoms with Crippen LogP contribution in [0.3, 0.4) is 0 Å². The van der Waals surface area contributed by atoms with Gasteiger partial charge >= 0.3 is 0 Å². The third kappa shape index (κ3) is 2.94. The van der Waals surface area contributed by atoms with E-state index in [0.717, 1.165) is 109 Å². The lowest BCUT2D eigenvalue weighted by Gasteiger charge is -2.63. The first-order chi connectivity index (χ1) is 24.3. The summed E-state index contributed by atoms with van der Waals surface area (Å²) < 4.78 is 20.0. The summed E-state index contributed by atoms with van der Waals surface area (Å²) in [6.07, 6.45) is 8.44. The van der Waals surface area contributed by atoms with E-state index in [1.165, 1.54) is 36.8 Å². The number of aromatic amines is 1. The van der Waals surface area contributed by atoms with Crippen LogP contribution in [-0.2, 0) is 36.5 Å². The second kappa shape index (κ2) is 8.68. The molecule has 9 nitrogen and oxygen atoms in total. The highest BCUT2D eigenvalue weighted by atomic mass is 16.5. The number of H-pyrrole nitrogens is 1. The zero-order chi connectivity index (χ0) is 33.1. The molecule has 2 saturated heterocycles. The van der Waals surface area contributed by atoms with Crippen molar-refractivity contribution in [1.82, 2.24) is 14.8 Å². The summed E-state index contributed by atoms with van der Waals surface area (Å²) in [6.45, 7) is 3.94. The summed E-state index contributed by atoms with van der Waals surface area (Å²) in [6, 6.07) is 8.08. The van der Waals surface area contributed by atoms with Gasteiger partial charge in [-0.1, -0.05) is 12.1 Å². The minimum absolute atomic E-state index is 0.0129. The molecule has 9 heteroatoms. The maximum Gasteiger partial charge on any atom is 0.166 e. The van der Waals surface area contributed by atoms with Crippen molar-refractivity contribution in [1.29, 1.82) is 0 Å². The number of likely N-dealkylation sites (tertiary alicyclic amines) is 2. The number of benzene rings is 2. The molecule has 4 N–H and O–H groups in total. The quantitative estimate of drug-likeness (QED) is 0.320. The number of aliphatic hydroxyl groups is 2. The molecule has 6 aliphatic carbocycles. The molecule has 10 aliphatic rings. The lowest BCUT2D eigenvalue weighted by atomic mass is 9.47. The number of nitrogens with one attached hydrogen (secondary N) is 1. The van der Waals surface area contributed by atoms with Gasteiger partial charge in [0.05, 0.1) is 40.5 Å². The van der Waals surface area contributed by atoms with Crippen LogP contribution in [0.1, 0.15) is 95.5 Å². The summed E-state index contributed by atoms with van der Waals surface area (Å²) >= 11 is 0. The monoisotopic (exact) mass is 675 g/mol. The van der Waals surface area contributed by atoms with Crippen LogP contribution in [0.15, 0.2) is 24.3 Å². The minimum Gasteiger partial charge on any atom is -0.504 e. The number of rotatable bonds is 5. The number of aromatic nitrogens is 1. The summed E-state index contributed by atoms with van der Waals surface area (Å²) in [5.74, 6) is 3.68. The van der Waals surface area contributed by atoms with Crippen molar-refractivity contribution >= 4 is 0 Å². The minimum atomic E-state index is -1.08. The number of fused-ring (bicyclic) bond motifs is 5. The van der Waals surface area contributed by atoms with E-state index in [4.69, 9.17) is 14.2 Å². The number of hydrogen-bond acceptors (Lipinski definition) is 8. The first-order valence-electron chi connectivity index (χ1n) is 19.3. The molecule has 3 aromatic rings. The molecule has 0 radical (unpaired) electrons. The fraction of sp³-hybridized carbons (Fsp3) is 0.610. The Morgan fingerprint density at radius 3 is 1.82 bits per heavy atom. The summed E-state index contributed by atoms with van der Waals surface area (Å²) in [5.41, 5.74) is 5.55. The molecule has 2 saturated carbocycles. The van der Waals surface area contributed by atoms with Crippen LogP contribution in [-0.4, -0.2) is 86.7 Å². The Bertz CT molecular complexity index is 2070. The highest BCUT2D eigenvalue weighted by Gasteiger charge is 2.76. The summed E-state index contributed by atoms with van der Waals surface area (Å²) in [7, 11) is 1.71. The molecule has 0 amide bonds. The number of hydrogen-bond donors (Lipinski definition) is 4. The van der Waals surface area contributed by atoms with Gasteiger partial charge in [0.15, 0.2) is 35.2 Å². The fourth-order valence-corrected chi connectivity index (χ4v) is 13.5. The molecule has 4 fully saturated rings. The number of phenols is 1. The smallest absolute Gasteiger partial charge is 0.166 e. The number of methoxy groups -OCH3 is 1. The van der Waals surface area contributed by atoms with Crippen molar-refractivity contribution in [2.24, 2.45) is 11.8 Å². The number of nitrogens with zero attached hydrogens (tertiary/aromatic N) is 2. The summed E-state index contributed by atoms with van der Waals surface area (Å²) in [4.78, 5) is 9.17. The number of piperidine rings is 2. The molecule has 260 valence electrons. The Balaban J connectivity index is 1.03. The van der Waals surface area contributed by atoms with Crippen molar-refractivity contribution in [3.63, 3.8) is 0 Å². The van der Waals surface area contributed by atoms with Crippen LogP contribution >= 0.6 is 0 Å². The zero-order valence-electron chi connectivity index (χ0n) is 28.6. The Labute approximate surface area is 291 Å². The first-order valence-corrected chi connectivity index (χ1v) is 19.3. The van der Waals surface area contributed by atoms with Crippen LogP contribution in [0.25, 0.3) is 0 Å². The maximum atomic E-state index is 13.6. The molecule has 4 bridgehead atoms. The lowest BCUT2D eigenvalue weighted by Crippen LogP contribution is -2.75. The molecule has 2 aromatic carbocycles. The van der Waals surface area contributed by atoms with Crippen molar-refractivity contribution in [2.45, 2.75) is 111 Å². The van der Waals surface area contributed by atoms with Gasteiger partial charge in [0.1, 0.15) is 0 Å². The van der Waals surface area contributed by atoms with E-state index in [1.54, 1.807) is 13.2 Å². The predicted octanol–water partition coefficient (Wildman–Crippen LogP) is 4.13. The molecule has 5 heterocycles. The van der Waals surface area contributed by atoms with Gasteiger partial charge in [0.2, 0.25) is 0 Å². The van der Waals surface area contributed by atoms with Gasteiger partial charge in [0, 0.05) is 49.1 Å². The van der Waals surface area contributed by atoms with Gasteiger partial charge in [-0.25, -0.2) is 0 Å². The number of phenolic OH excluding ortho intramolecular Hbond substituents is 1. The predicted molar refractivity (Wildman–Crippen MR) is 182 cm³/mol. The average molecular weight is 676 g/mol. The van der Waals surface area contributed by atoms with Crippen LogP contribution in [0, 0.1) is 11.8 Å². The van der Waals surface area contributed by atoms with Crippen LogP contribution in [0.2, 0.25) is 0 Å². The number of ether oxygens (including phenoxy) is 3. The SMILES string of the molecule is COc1ccc2c3c1O[C@H]1c4[nH]c5c(c4C[C@@]4(O)[C@H](C2)N(CC2CC2)CC[C@]314)C[C@@]1(O)[C@H]2Cc3ccc(O)c4c3[C@@]1(CCN2CC1CC1)[C@H]5O4. The van der Waals surface area contributed by atoms with Crippen molar-refractivity contribution in [3.05, 3.63) is 69.0 Å². The molecule has 2 spiro atoms. The van der Waals surface area contributed by atoms with Gasteiger partial charge in [-0.2, -0.15) is 0 Å². The van der Waals surface area contributed by atoms with Gasteiger partial charge in [0.25, 0.3) is 0 Å². The van der Waals surface area contributed by atoms with E-state index in [0.29, 0.717) is 18.6 Å². The molecule has 4 aliphatic heterocycles. The zero-order valence-corrected chi connectivity index (χ0v) is 28.6. The third-order valence-corrected chi connectivity index (χ3v) is 15.9. The third-order valence-electron chi connectivity index (χ3n) is 15.9. The van der Waals surface area contributed by atoms with E-state index in [2.05, 4.69) is 33.0 Å². The van der Waals surface area contributed by atoms with E-state index < -0.39 is 34.2 Å². The Morgan fingerprint density at radius 1 is 0.760 bits per heavy atom. The van der Waals surface area contributed by atoms with Gasteiger partial charge in [-0.3, -0.25) is 9.80 Å². The molecule has 8 atom stereocenters. The standard InChI is InChI=1S/C41H45N3O6/c1-48-27-9-7-23-15-29-41(47)17-25-24-16-40(46)28-14-22-6-8-26(45)34-30(22)38(40,10-12-43(28)18-20-2-3-20)36(49-34)32(24)42-33(25)37-39(41,31(23)35(27)50-37)11-13-44(29)19-21-4-5-21/h6-9,20-21,28-29,36-37,42,45-47H,2-5,10-19H2,1H3/t28-,29+,36+,37+,38+,39+,40-,41-/m1/s1. The van der Waals surface area contributed by atoms with Gasteiger partial charge < -0.3 is 34.5 Å². The van der Waals surface area contributed by atoms with Crippen molar-refractivity contribution in [3.8, 4) is 23.0 Å². The highest BCUT2D eigenvalue weighted by molar-refractivity contribution is 5.68. The highest BCUT2D eigenvalue weighted by Crippen LogP contribution is 2.73. The van der Waals surface area contributed by atoms with E-state index in [1.807, 2.05) is 0 Å². The van der Waals surface area contributed by atoms with E-state index >= 15 is 0 Å². The van der Waals surface area contributed by atoms with E-state index in [9.17, 15) is 15.3 Å². The average Bonchev–Trinajstić information content (AvgIpc) is 4.00. The second-order valence-electron chi connectivity index (χ2n) is 17.9. The Hall–Kier alpha value is -3.24. The molecular weight excluding hydrogens is 630 g/mol. The molecule has 1 aromatic heterocycles. The Kier molecular flexibility index (Phi) is 4.92. The van der Waals surface area contributed by atoms with Crippen LogP contribution in [0.4, 0.5) is 0 Å². The Morgan fingerprint density at radius 2 is 1.28 bits per heavy atom. The molecule has 13 rings (SSSR count). The summed E-state index contributed by atoms with van der Waals surface area (Å²) in [5, 5.41) is 38.4. The molecule has 50 heavy (non-hydrogen) atoms. The first kappa shape index (κ1) is 28.4. The van der Waals surface area contributed by atoms with Gasteiger partial charge in [-0.05, 0) is 111 Å². The fourth-order valence-electron chi connectivity index (χ4n) is 13.5. The second-order valence-corrected chi connectivity index (χ2v) is 17.9. The number of aromatic hydroxyl groups is 1.